The quantitative estimate of drug-likeness (QED) is 0.493. The van der Waals surface area contributed by atoms with Crippen molar-refractivity contribution < 1.29 is 4.79 Å². The van der Waals surface area contributed by atoms with Gasteiger partial charge in [0.15, 0.2) is 0 Å². The van der Waals surface area contributed by atoms with Crippen molar-refractivity contribution in [2.45, 2.75) is 0 Å². The van der Waals surface area contributed by atoms with Gasteiger partial charge in [0, 0.05) is 5.69 Å². The number of fused-ring (bicyclic) bond motifs is 1. The van der Waals surface area contributed by atoms with Crippen LogP contribution in [0.4, 0.5) is 5.69 Å². The summed E-state index contributed by atoms with van der Waals surface area (Å²) < 4.78 is 1.39. The van der Waals surface area contributed by atoms with E-state index in [1.54, 1.807) is 18.2 Å². The van der Waals surface area contributed by atoms with Gasteiger partial charge in [-0.15, -0.1) is 0 Å². The van der Waals surface area contributed by atoms with E-state index in [1.807, 2.05) is 0 Å². The van der Waals surface area contributed by atoms with Gasteiger partial charge in [0.05, 0.1) is 11.0 Å². The number of carbonyl (C=O) groups excluding carboxylic acids is 1. The number of hydrogen-bond donors (Lipinski definition) is 1. The number of nitrogen functional groups attached to an aromatic ring is 1. The number of nitrogens with two attached hydrogens (primary N) is 1. The molecule has 0 unspecified atom stereocenters. The molecule has 1 heterocycles. The highest BCUT2D eigenvalue weighted by Gasteiger charge is 2.00. The first-order chi connectivity index (χ1) is 5.81. The van der Waals surface area contributed by atoms with Crippen LogP contribution < -0.4 is 5.73 Å². The van der Waals surface area contributed by atoms with E-state index in [-0.39, 0.29) is 0 Å². The highest BCUT2D eigenvalue weighted by molar-refractivity contribution is 5.83. The Labute approximate surface area is 68.6 Å². The highest BCUT2D eigenvalue weighted by Crippen LogP contribution is 2.14. The summed E-state index contributed by atoms with van der Waals surface area (Å²) in [7, 11) is 0. The van der Waals surface area contributed by atoms with Crippen LogP contribution in [0.3, 0.4) is 0 Å². The molecule has 0 atom stereocenters. The van der Waals surface area contributed by atoms with Gasteiger partial charge in [-0.3, -0.25) is 9.36 Å². The molecule has 0 saturated heterocycles. The molecule has 2 N–H and O–H groups in total. The molecule has 0 aliphatic rings. The lowest BCUT2D eigenvalue weighted by Gasteiger charge is -1.93. The van der Waals surface area contributed by atoms with Crippen LogP contribution in [0.15, 0.2) is 24.5 Å². The number of benzene rings is 1. The van der Waals surface area contributed by atoms with Gasteiger partial charge in [-0.2, -0.15) is 0 Å². The molecule has 0 radical (unpaired) electrons. The monoisotopic (exact) mass is 161 g/mol. The first kappa shape index (κ1) is 6.84. The molecule has 4 heteroatoms. The third-order valence-corrected chi connectivity index (χ3v) is 1.71. The standard InChI is InChI=1S/C8H7N3O/c9-6-1-2-7-8(3-6)11(5-12)4-10-7/h1-5H,9H2. The van der Waals surface area contributed by atoms with Gasteiger partial charge in [-0.25, -0.2) is 4.98 Å². The Balaban J connectivity index is 2.83. The molecule has 0 saturated carbocycles. The van der Waals surface area contributed by atoms with Gasteiger partial charge >= 0.3 is 0 Å². The van der Waals surface area contributed by atoms with Crippen LogP contribution in [0, 0.1) is 0 Å². The number of aromatic nitrogens is 2. The Morgan fingerprint density at radius 2 is 2.33 bits per heavy atom. The topological polar surface area (TPSA) is 60.9 Å². The fourth-order valence-corrected chi connectivity index (χ4v) is 1.13. The molecule has 2 aromatic rings. The van der Waals surface area contributed by atoms with Gasteiger partial charge < -0.3 is 5.73 Å². The molecule has 60 valence electrons. The SMILES string of the molecule is Nc1ccc2ncn(C=O)c2c1. The molecular formula is C8H7N3O. The maximum atomic E-state index is 10.5. The molecule has 4 nitrogen and oxygen atoms in total. The average Bonchev–Trinajstić information content (AvgIpc) is 2.46. The first-order valence-electron chi connectivity index (χ1n) is 3.48. The molecule has 0 aliphatic heterocycles. The normalized spacial score (nSPS) is 10.3. The largest absolute Gasteiger partial charge is 0.399 e. The van der Waals surface area contributed by atoms with Crippen LogP contribution in [0.5, 0.6) is 0 Å². The van der Waals surface area contributed by atoms with Gasteiger partial charge in [0.2, 0.25) is 6.41 Å². The van der Waals surface area contributed by atoms with E-state index in [0.717, 1.165) is 11.0 Å². The van der Waals surface area contributed by atoms with E-state index < -0.39 is 0 Å². The fourth-order valence-electron chi connectivity index (χ4n) is 1.13. The molecule has 0 bridgehead atoms. The fraction of sp³-hybridized carbons (Fsp3) is 0. The molecule has 1 aromatic carbocycles. The Morgan fingerprint density at radius 1 is 1.50 bits per heavy atom. The van der Waals surface area contributed by atoms with Gasteiger partial charge in [-0.05, 0) is 18.2 Å². The zero-order valence-corrected chi connectivity index (χ0v) is 6.27. The summed E-state index contributed by atoms with van der Waals surface area (Å²) in [6.07, 6.45) is 2.17. The lowest BCUT2D eigenvalue weighted by atomic mass is 10.3. The molecule has 0 amide bonds. The zero-order chi connectivity index (χ0) is 8.55. The third kappa shape index (κ3) is 0.852. The van der Waals surface area contributed by atoms with E-state index in [9.17, 15) is 4.79 Å². The van der Waals surface area contributed by atoms with Crippen LogP contribution in [-0.2, 0) is 4.79 Å². The molecule has 0 aliphatic carbocycles. The Bertz CT molecular complexity index is 433. The molecule has 2 rings (SSSR count). The van der Waals surface area contributed by atoms with E-state index in [2.05, 4.69) is 4.98 Å². The predicted molar refractivity (Wildman–Crippen MR) is 46.3 cm³/mol. The van der Waals surface area contributed by atoms with Crippen molar-refractivity contribution in [3.05, 3.63) is 24.5 Å². The van der Waals surface area contributed by atoms with Crippen molar-refractivity contribution in [1.82, 2.24) is 9.55 Å². The molecule has 12 heavy (non-hydrogen) atoms. The number of rotatable bonds is 1. The minimum atomic E-state index is 0.631. The maximum Gasteiger partial charge on any atom is 0.219 e. The van der Waals surface area contributed by atoms with Crippen LogP contribution in [0.2, 0.25) is 0 Å². The van der Waals surface area contributed by atoms with Gasteiger partial charge in [0.25, 0.3) is 0 Å². The van der Waals surface area contributed by atoms with Crippen LogP contribution in [0.25, 0.3) is 11.0 Å². The number of carbonyl (C=O) groups is 1. The molecule has 1 aromatic heterocycles. The number of nitrogens with zero attached hydrogens (tertiary/aromatic N) is 2. The summed E-state index contributed by atoms with van der Waals surface area (Å²) in [5, 5.41) is 0. The van der Waals surface area contributed by atoms with Crippen LogP contribution in [0.1, 0.15) is 0 Å². The number of anilines is 1. The van der Waals surface area contributed by atoms with Gasteiger partial charge in [-0.1, -0.05) is 0 Å². The molecule has 0 spiro atoms. The lowest BCUT2D eigenvalue weighted by molar-refractivity contribution is 0.548. The van der Waals surface area contributed by atoms with Crippen molar-refractivity contribution in [2.24, 2.45) is 0 Å². The van der Waals surface area contributed by atoms with Crippen molar-refractivity contribution >= 4 is 23.1 Å². The van der Waals surface area contributed by atoms with E-state index >= 15 is 0 Å². The van der Waals surface area contributed by atoms with Crippen LogP contribution in [-0.4, -0.2) is 16.0 Å². The summed E-state index contributed by atoms with van der Waals surface area (Å²) in [6, 6.07) is 5.26. The van der Waals surface area contributed by atoms with Gasteiger partial charge in [0.1, 0.15) is 6.33 Å². The first-order valence-corrected chi connectivity index (χ1v) is 3.48. The minimum absolute atomic E-state index is 0.631. The summed E-state index contributed by atoms with van der Waals surface area (Å²) in [5.41, 5.74) is 7.70. The molecule has 0 fully saturated rings. The van der Waals surface area contributed by atoms with Crippen molar-refractivity contribution in [1.29, 1.82) is 0 Å². The Morgan fingerprint density at radius 3 is 3.08 bits per heavy atom. The minimum Gasteiger partial charge on any atom is -0.399 e. The van der Waals surface area contributed by atoms with Crippen molar-refractivity contribution in [3.63, 3.8) is 0 Å². The third-order valence-electron chi connectivity index (χ3n) is 1.71. The van der Waals surface area contributed by atoms with E-state index in [0.29, 0.717) is 12.1 Å². The smallest absolute Gasteiger partial charge is 0.219 e. The summed E-state index contributed by atoms with van der Waals surface area (Å²) in [5.74, 6) is 0. The average molecular weight is 161 g/mol. The summed E-state index contributed by atoms with van der Waals surface area (Å²) in [6.45, 7) is 0. The lowest BCUT2D eigenvalue weighted by Crippen LogP contribution is -1.92. The molecular weight excluding hydrogens is 154 g/mol. The Kier molecular flexibility index (Phi) is 1.33. The second kappa shape index (κ2) is 2.34. The highest BCUT2D eigenvalue weighted by atomic mass is 16.1. The second-order valence-corrected chi connectivity index (χ2v) is 2.51. The summed E-state index contributed by atoms with van der Waals surface area (Å²) in [4.78, 5) is 14.5. The van der Waals surface area contributed by atoms with E-state index in [4.69, 9.17) is 5.73 Å². The van der Waals surface area contributed by atoms with Crippen LogP contribution >= 0.6 is 0 Å². The summed E-state index contributed by atoms with van der Waals surface area (Å²) >= 11 is 0. The number of imidazole rings is 1. The zero-order valence-electron chi connectivity index (χ0n) is 6.27. The number of hydrogen-bond acceptors (Lipinski definition) is 3. The predicted octanol–water partition coefficient (Wildman–Crippen LogP) is 0.657. The van der Waals surface area contributed by atoms with Crippen molar-refractivity contribution in [2.75, 3.05) is 5.73 Å². The van der Waals surface area contributed by atoms with Crippen molar-refractivity contribution in [3.8, 4) is 0 Å². The second-order valence-electron chi connectivity index (χ2n) is 2.51. The Hall–Kier alpha value is -1.84. The maximum absolute atomic E-state index is 10.5. The van der Waals surface area contributed by atoms with E-state index in [1.165, 1.54) is 10.9 Å².